The first-order valence-electron chi connectivity index (χ1n) is 5.69. The highest BCUT2D eigenvalue weighted by atomic mass is 19.4. The second kappa shape index (κ2) is 5.32. The van der Waals surface area contributed by atoms with E-state index in [1.807, 2.05) is 0 Å². The van der Waals surface area contributed by atoms with Crippen molar-refractivity contribution < 1.29 is 22.6 Å². The van der Waals surface area contributed by atoms with Gasteiger partial charge in [-0.1, -0.05) is 0 Å². The standard InChI is InChI=1S/C14H12F3NO2/c1-19-13-8-11(6-7-12(13)18)20-10-4-2-9(3-5-10)14(15,16)17/h2-8H,18H2,1H3. The van der Waals surface area contributed by atoms with Crippen molar-refractivity contribution in [2.45, 2.75) is 6.18 Å². The van der Waals surface area contributed by atoms with Crippen LogP contribution in [0.3, 0.4) is 0 Å². The molecule has 0 radical (unpaired) electrons. The zero-order valence-electron chi connectivity index (χ0n) is 10.6. The summed E-state index contributed by atoms with van der Waals surface area (Å²) in [5, 5.41) is 0. The predicted octanol–water partition coefficient (Wildman–Crippen LogP) is 4.09. The molecule has 0 aromatic heterocycles. The van der Waals surface area contributed by atoms with Gasteiger partial charge in [0.15, 0.2) is 0 Å². The summed E-state index contributed by atoms with van der Waals surface area (Å²) < 4.78 is 47.7. The second-order valence-corrected chi connectivity index (χ2v) is 4.03. The molecule has 0 aliphatic rings. The van der Waals surface area contributed by atoms with Gasteiger partial charge in [0, 0.05) is 6.07 Å². The molecule has 2 aromatic carbocycles. The summed E-state index contributed by atoms with van der Waals surface area (Å²) in [6.45, 7) is 0. The highest BCUT2D eigenvalue weighted by Gasteiger charge is 2.30. The van der Waals surface area contributed by atoms with E-state index in [0.29, 0.717) is 22.9 Å². The molecule has 0 amide bonds. The molecule has 0 fully saturated rings. The summed E-state index contributed by atoms with van der Waals surface area (Å²) in [5.74, 6) is 1.16. The highest BCUT2D eigenvalue weighted by Crippen LogP contribution is 2.33. The second-order valence-electron chi connectivity index (χ2n) is 4.03. The molecule has 106 valence electrons. The van der Waals surface area contributed by atoms with Gasteiger partial charge in [-0.2, -0.15) is 13.2 Å². The molecule has 0 saturated heterocycles. The third-order valence-electron chi connectivity index (χ3n) is 2.62. The molecule has 0 unspecified atom stereocenters. The van der Waals surface area contributed by atoms with Crippen molar-refractivity contribution >= 4 is 5.69 Å². The Morgan fingerprint density at radius 3 is 2.10 bits per heavy atom. The quantitative estimate of drug-likeness (QED) is 0.863. The number of ether oxygens (including phenoxy) is 2. The minimum Gasteiger partial charge on any atom is -0.494 e. The van der Waals surface area contributed by atoms with Gasteiger partial charge in [-0.25, -0.2) is 0 Å². The van der Waals surface area contributed by atoms with Crippen LogP contribution in [-0.4, -0.2) is 7.11 Å². The van der Waals surface area contributed by atoms with E-state index >= 15 is 0 Å². The van der Waals surface area contributed by atoms with Gasteiger partial charge in [0.2, 0.25) is 0 Å². The summed E-state index contributed by atoms with van der Waals surface area (Å²) in [4.78, 5) is 0. The SMILES string of the molecule is COc1cc(Oc2ccc(C(F)(F)F)cc2)ccc1N. The van der Waals surface area contributed by atoms with E-state index in [2.05, 4.69) is 0 Å². The molecule has 0 saturated carbocycles. The maximum Gasteiger partial charge on any atom is 0.416 e. The fourth-order valence-electron chi connectivity index (χ4n) is 1.60. The van der Waals surface area contributed by atoms with Crippen LogP contribution in [0.4, 0.5) is 18.9 Å². The maximum absolute atomic E-state index is 12.4. The zero-order valence-corrected chi connectivity index (χ0v) is 10.6. The molecule has 0 atom stereocenters. The molecule has 6 heteroatoms. The molecule has 0 spiro atoms. The van der Waals surface area contributed by atoms with Crippen molar-refractivity contribution in [1.29, 1.82) is 0 Å². The normalized spacial score (nSPS) is 11.2. The molecule has 0 aliphatic carbocycles. The number of alkyl halides is 3. The largest absolute Gasteiger partial charge is 0.494 e. The number of hydrogen-bond acceptors (Lipinski definition) is 3. The lowest BCUT2D eigenvalue weighted by atomic mass is 10.2. The number of benzene rings is 2. The number of halogens is 3. The van der Waals surface area contributed by atoms with E-state index in [4.69, 9.17) is 15.2 Å². The molecule has 2 aromatic rings. The van der Waals surface area contributed by atoms with Crippen molar-refractivity contribution in [2.75, 3.05) is 12.8 Å². The number of nitrogen functional groups attached to an aromatic ring is 1. The van der Waals surface area contributed by atoms with E-state index in [1.54, 1.807) is 18.2 Å². The fourth-order valence-corrected chi connectivity index (χ4v) is 1.60. The Morgan fingerprint density at radius 1 is 0.950 bits per heavy atom. The highest BCUT2D eigenvalue weighted by molar-refractivity contribution is 5.56. The lowest BCUT2D eigenvalue weighted by Crippen LogP contribution is -2.04. The molecule has 2 rings (SSSR count). The fraction of sp³-hybridized carbons (Fsp3) is 0.143. The number of rotatable bonds is 3. The van der Waals surface area contributed by atoms with Crippen LogP contribution >= 0.6 is 0 Å². The Hall–Kier alpha value is -2.37. The van der Waals surface area contributed by atoms with Gasteiger partial charge in [0.25, 0.3) is 0 Å². The van der Waals surface area contributed by atoms with E-state index in [-0.39, 0.29) is 0 Å². The smallest absolute Gasteiger partial charge is 0.416 e. The van der Waals surface area contributed by atoms with Crippen LogP contribution in [0, 0.1) is 0 Å². The predicted molar refractivity (Wildman–Crippen MR) is 68.9 cm³/mol. The number of nitrogens with two attached hydrogens (primary N) is 1. The van der Waals surface area contributed by atoms with Gasteiger partial charge >= 0.3 is 6.18 Å². The topological polar surface area (TPSA) is 44.5 Å². The van der Waals surface area contributed by atoms with Crippen molar-refractivity contribution in [3.05, 3.63) is 48.0 Å². The molecule has 0 heterocycles. The van der Waals surface area contributed by atoms with Crippen LogP contribution < -0.4 is 15.2 Å². The van der Waals surface area contributed by atoms with Crippen LogP contribution in [-0.2, 0) is 6.18 Å². The average Bonchev–Trinajstić information content (AvgIpc) is 2.40. The molecule has 0 aliphatic heterocycles. The van der Waals surface area contributed by atoms with Crippen LogP contribution in [0.25, 0.3) is 0 Å². The van der Waals surface area contributed by atoms with Gasteiger partial charge in [-0.15, -0.1) is 0 Å². The van der Waals surface area contributed by atoms with E-state index < -0.39 is 11.7 Å². The summed E-state index contributed by atoms with van der Waals surface area (Å²) in [5.41, 5.74) is 5.38. The summed E-state index contributed by atoms with van der Waals surface area (Å²) in [7, 11) is 1.47. The van der Waals surface area contributed by atoms with Crippen molar-refractivity contribution in [1.82, 2.24) is 0 Å². The summed E-state index contributed by atoms with van der Waals surface area (Å²) in [6, 6.07) is 9.20. The Kier molecular flexibility index (Phi) is 3.74. The molecule has 2 N–H and O–H groups in total. The Bertz CT molecular complexity index is 594. The summed E-state index contributed by atoms with van der Waals surface area (Å²) in [6.07, 6.45) is -4.36. The number of anilines is 1. The minimum absolute atomic E-state index is 0.296. The van der Waals surface area contributed by atoms with Crippen molar-refractivity contribution in [3.8, 4) is 17.2 Å². The first-order valence-corrected chi connectivity index (χ1v) is 5.69. The Morgan fingerprint density at radius 2 is 1.55 bits per heavy atom. The van der Waals surface area contributed by atoms with Crippen molar-refractivity contribution in [2.24, 2.45) is 0 Å². The van der Waals surface area contributed by atoms with E-state index in [0.717, 1.165) is 12.1 Å². The lowest BCUT2D eigenvalue weighted by Gasteiger charge is -2.10. The Labute approximate surface area is 113 Å². The third kappa shape index (κ3) is 3.14. The lowest BCUT2D eigenvalue weighted by molar-refractivity contribution is -0.137. The molecular formula is C14H12F3NO2. The Balaban J connectivity index is 2.18. The van der Waals surface area contributed by atoms with E-state index in [9.17, 15) is 13.2 Å². The van der Waals surface area contributed by atoms with Crippen LogP contribution in [0.2, 0.25) is 0 Å². The molecule has 20 heavy (non-hydrogen) atoms. The van der Waals surface area contributed by atoms with E-state index in [1.165, 1.54) is 19.2 Å². The maximum atomic E-state index is 12.4. The first kappa shape index (κ1) is 14.0. The zero-order chi connectivity index (χ0) is 14.8. The average molecular weight is 283 g/mol. The van der Waals surface area contributed by atoms with Gasteiger partial charge in [0.1, 0.15) is 17.2 Å². The molecular weight excluding hydrogens is 271 g/mol. The molecule has 0 bridgehead atoms. The molecule has 3 nitrogen and oxygen atoms in total. The number of hydrogen-bond donors (Lipinski definition) is 1. The van der Waals surface area contributed by atoms with Gasteiger partial charge in [-0.3, -0.25) is 0 Å². The van der Waals surface area contributed by atoms with Gasteiger partial charge < -0.3 is 15.2 Å². The minimum atomic E-state index is -4.36. The van der Waals surface area contributed by atoms with Crippen molar-refractivity contribution in [3.63, 3.8) is 0 Å². The monoisotopic (exact) mass is 283 g/mol. The van der Waals surface area contributed by atoms with Crippen LogP contribution in [0.15, 0.2) is 42.5 Å². The first-order chi connectivity index (χ1) is 9.40. The third-order valence-corrected chi connectivity index (χ3v) is 2.62. The summed E-state index contributed by atoms with van der Waals surface area (Å²) >= 11 is 0. The van der Waals surface area contributed by atoms with Gasteiger partial charge in [0.05, 0.1) is 18.4 Å². The number of methoxy groups -OCH3 is 1. The van der Waals surface area contributed by atoms with Crippen LogP contribution in [0.5, 0.6) is 17.2 Å². The van der Waals surface area contributed by atoms with Crippen LogP contribution in [0.1, 0.15) is 5.56 Å². The van der Waals surface area contributed by atoms with Gasteiger partial charge in [-0.05, 0) is 36.4 Å².